The molecule has 2 atom stereocenters. The fraction of sp³-hybridized carbons (Fsp3) is 0.909. The molecule has 2 aliphatic rings. The van der Waals surface area contributed by atoms with Crippen molar-refractivity contribution in [2.24, 2.45) is 17.3 Å². The molecule has 0 aliphatic heterocycles. The van der Waals surface area contributed by atoms with E-state index in [2.05, 4.69) is 6.92 Å². The van der Waals surface area contributed by atoms with E-state index < -0.39 is 5.97 Å². The fourth-order valence-electron chi connectivity index (χ4n) is 2.97. The quantitative estimate of drug-likeness (QED) is 0.713. The maximum absolute atomic E-state index is 11.3. The Morgan fingerprint density at radius 1 is 1.38 bits per heavy atom. The summed E-state index contributed by atoms with van der Waals surface area (Å²) in [5, 5.41) is 9.32. The minimum atomic E-state index is -0.526. The molecule has 1 N–H and O–H groups in total. The first-order valence-electron chi connectivity index (χ1n) is 5.38. The van der Waals surface area contributed by atoms with Crippen LogP contribution in [-0.2, 0) is 4.79 Å². The van der Waals surface area contributed by atoms with Gasteiger partial charge in [-0.25, -0.2) is 0 Å². The highest BCUT2D eigenvalue weighted by Crippen LogP contribution is 2.54. The Balaban J connectivity index is 2.16. The highest BCUT2D eigenvalue weighted by Gasteiger charge is 2.52. The van der Waals surface area contributed by atoms with Crippen LogP contribution in [0.1, 0.15) is 45.4 Å². The van der Waals surface area contributed by atoms with Gasteiger partial charge in [0.15, 0.2) is 0 Å². The minimum absolute atomic E-state index is 0.322. The maximum Gasteiger partial charge on any atom is 0.309 e. The molecule has 0 aromatic heterocycles. The third-order valence-electron chi connectivity index (χ3n) is 3.82. The van der Waals surface area contributed by atoms with Gasteiger partial charge < -0.3 is 5.11 Å². The van der Waals surface area contributed by atoms with Gasteiger partial charge in [0.2, 0.25) is 0 Å². The zero-order valence-corrected chi connectivity index (χ0v) is 8.25. The van der Waals surface area contributed by atoms with Crippen LogP contribution in [0.15, 0.2) is 0 Å². The lowest BCUT2D eigenvalue weighted by Crippen LogP contribution is -2.37. The molecule has 2 unspecified atom stereocenters. The van der Waals surface area contributed by atoms with Crippen LogP contribution in [0.2, 0.25) is 0 Å². The first kappa shape index (κ1) is 9.04. The van der Waals surface area contributed by atoms with Crippen molar-refractivity contribution in [3.05, 3.63) is 0 Å². The molecule has 0 heterocycles. The predicted octanol–water partition coefficient (Wildman–Crippen LogP) is 2.68. The van der Waals surface area contributed by atoms with Crippen LogP contribution in [0.3, 0.4) is 0 Å². The third-order valence-corrected chi connectivity index (χ3v) is 3.82. The Kier molecular flexibility index (Phi) is 2.09. The van der Waals surface area contributed by atoms with Crippen LogP contribution < -0.4 is 0 Å². The fourth-order valence-corrected chi connectivity index (χ4v) is 2.97. The van der Waals surface area contributed by atoms with Crippen molar-refractivity contribution < 1.29 is 9.90 Å². The lowest BCUT2D eigenvalue weighted by atomic mass is 9.67. The van der Waals surface area contributed by atoms with Gasteiger partial charge in [-0.05, 0) is 37.5 Å². The predicted molar refractivity (Wildman–Crippen MR) is 50.4 cm³/mol. The standard InChI is InChI=1S/C11H18O2/c1-8-3-2-6-11(7-8,10(12)13)9-4-5-9/h8-9H,2-7H2,1H3,(H,12,13). The lowest BCUT2D eigenvalue weighted by molar-refractivity contribution is -0.153. The van der Waals surface area contributed by atoms with Crippen LogP contribution in [0.5, 0.6) is 0 Å². The van der Waals surface area contributed by atoms with E-state index in [9.17, 15) is 9.90 Å². The number of rotatable bonds is 2. The van der Waals surface area contributed by atoms with Crippen molar-refractivity contribution in [2.45, 2.75) is 45.4 Å². The van der Waals surface area contributed by atoms with E-state index >= 15 is 0 Å². The SMILES string of the molecule is CC1CCCC(C(=O)O)(C2CC2)C1. The Morgan fingerprint density at radius 2 is 2.08 bits per heavy atom. The van der Waals surface area contributed by atoms with Gasteiger partial charge in [-0.3, -0.25) is 4.79 Å². The van der Waals surface area contributed by atoms with Crippen LogP contribution in [0.25, 0.3) is 0 Å². The summed E-state index contributed by atoms with van der Waals surface area (Å²) in [7, 11) is 0. The number of hydrogen-bond acceptors (Lipinski definition) is 1. The smallest absolute Gasteiger partial charge is 0.309 e. The molecule has 0 aromatic rings. The van der Waals surface area contributed by atoms with Crippen molar-refractivity contribution >= 4 is 5.97 Å². The second-order valence-electron chi connectivity index (χ2n) is 4.94. The summed E-state index contributed by atoms with van der Waals surface area (Å²) in [4.78, 5) is 11.3. The maximum atomic E-state index is 11.3. The topological polar surface area (TPSA) is 37.3 Å². The van der Waals surface area contributed by atoms with Crippen molar-refractivity contribution in [3.8, 4) is 0 Å². The van der Waals surface area contributed by atoms with Crippen LogP contribution in [0.4, 0.5) is 0 Å². The monoisotopic (exact) mass is 182 g/mol. The first-order chi connectivity index (χ1) is 6.15. The molecule has 2 nitrogen and oxygen atoms in total. The van der Waals surface area contributed by atoms with E-state index in [0.717, 1.165) is 32.1 Å². The van der Waals surface area contributed by atoms with Gasteiger partial charge in [-0.15, -0.1) is 0 Å². The molecule has 13 heavy (non-hydrogen) atoms. The molecule has 0 saturated heterocycles. The first-order valence-corrected chi connectivity index (χ1v) is 5.38. The van der Waals surface area contributed by atoms with Crippen molar-refractivity contribution in [1.82, 2.24) is 0 Å². The molecule has 2 rings (SSSR count). The molecule has 2 heteroatoms. The number of carboxylic acid groups (broad SMARTS) is 1. The average molecular weight is 182 g/mol. The summed E-state index contributed by atoms with van der Waals surface area (Å²) in [5.41, 5.74) is -0.322. The minimum Gasteiger partial charge on any atom is -0.481 e. The van der Waals surface area contributed by atoms with Crippen molar-refractivity contribution in [2.75, 3.05) is 0 Å². The Bertz CT molecular complexity index is 220. The van der Waals surface area contributed by atoms with Gasteiger partial charge in [-0.1, -0.05) is 19.8 Å². The molecule has 0 aromatic carbocycles. The summed E-state index contributed by atoms with van der Waals surface area (Å²) >= 11 is 0. The summed E-state index contributed by atoms with van der Waals surface area (Å²) in [6.45, 7) is 2.19. The van der Waals surface area contributed by atoms with Crippen LogP contribution in [0, 0.1) is 17.3 Å². The highest BCUT2D eigenvalue weighted by atomic mass is 16.4. The molecule has 2 aliphatic carbocycles. The van der Waals surface area contributed by atoms with Gasteiger partial charge >= 0.3 is 5.97 Å². The van der Waals surface area contributed by atoms with Gasteiger partial charge in [0.25, 0.3) is 0 Å². The van der Waals surface area contributed by atoms with E-state index in [1.54, 1.807) is 0 Å². The van der Waals surface area contributed by atoms with Gasteiger partial charge in [0, 0.05) is 0 Å². The van der Waals surface area contributed by atoms with E-state index in [4.69, 9.17) is 0 Å². The third kappa shape index (κ3) is 1.47. The second-order valence-corrected chi connectivity index (χ2v) is 4.94. The Morgan fingerprint density at radius 3 is 2.54 bits per heavy atom. The Hall–Kier alpha value is -0.530. The van der Waals surface area contributed by atoms with E-state index in [-0.39, 0.29) is 5.41 Å². The molecule has 2 fully saturated rings. The number of carboxylic acids is 1. The summed E-state index contributed by atoms with van der Waals surface area (Å²) in [5.74, 6) is 0.597. The molecular formula is C11H18O2. The molecule has 2 saturated carbocycles. The second kappa shape index (κ2) is 3.00. The van der Waals surface area contributed by atoms with Crippen LogP contribution in [-0.4, -0.2) is 11.1 Å². The van der Waals surface area contributed by atoms with E-state index in [0.29, 0.717) is 11.8 Å². The van der Waals surface area contributed by atoms with Gasteiger partial charge in [0.05, 0.1) is 5.41 Å². The number of carbonyl (C=O) groups is 1. The molecule has 0 spiro atoms. The summed E-state index contributed by atoms with van der Waals surface area (Å²) in [6, 6.07) is 0. The van der Waals surface area contributed by atoms with E-state index in [1.807, 2.05) is 0 Å². The van der Waals surface area contributed by atoms with Crippen LogP contribution >= 0.6 is 0 Å². The molecule has 0 amide bonds. The van der Waals surface area contributed by atoms with Crippen molar-refractivity contribution in [3.63, 3.8) is 0 Å². The summed E-state index contributed by atoms with van der Waals surface area (Å²) in [6.07, 6.45) is 6.49. The zero-order chi connectivity index (χ0) is 9.47. The molecular weight excluding hydrogens is 164 g/mol. The van der Waals surface area contributed by atoms with Gasteiger partial charge in [-0.2, -0.15) is 0 Å². The lowest BCUT2D eigenvalue weighted by Gasteiger charge is -2.36. The van der Waals surface area contributed by atoms with Gasteiger partial charge in [0.1, 0.15) is 0 Å². The highest BCUT2D eigenvalue weighted by molar-refractivity contribution is 5.75. The molecule has 0 radical (unpaired) electrons. The normalized spacial score (nSPS) is 40.2. The number of aliphatic carboxylic acids is 1. The average Bonchev–Trinajstić information content (AvgIpc) is 2.85. The summed E-state index contributed by atoms with van der Waals surface area (Å²) < 4.78 is 0. The largest absolute Gasteiger partial charge is 0.481 e. The molecule has 0 bridgehead atoms. The number of hydrogen-bond donors (Lipinski definition) is 1. The van der Waals surface area contributed by atoms with Crippen molar-refractivity contribution in [1.29, 1.82) is 0 Å². The Labute approximate surface area is 79.3 Å². The molecule has 74 valence electrons. The zero-order valence-electron chi connectivity index (χ0n) is 8.25. The van der Waals surface area contributed by atoms with E-state index in [1.165, 1.54) is 6.42 Å².